The van der Waals surface area contributed by atoms with Gasteiger partial charge in [-0.25, -0.2) is 13.8 Å². The smallest absolute Gasteiger partial charge is 0.273 e. The number of nitrogens with one attached hydrogen (secondary N) is 1. The minimum atomic E-state index is -4.56. The second-order valence-electron chi connectivity index (χ2n) is 9.99. The van der Waals surface area contributed by atoms with Crippen LogP contribution in [0.15, 0.2) is 82.8 Å². The van der Waals surface area contributed by atoms with Crippen LogP contribution in [0.4, 0.5) is 11.4 Å². The van der Waals surface area contributed by atoms with Gasteiger partial charge < -0.3 is 14.2 Å². The Bertz CT molecular complexity index is 1980. The molecule has 12 nitrogen and oxygen atoms in total. The highest BCUT2D eigenvalue weighted by Crippen LogP contribution is 2.36. The minimum absolute atomic E-state index is 0.0656. The van der Waals surface area contributed by atoms with Crippen LogP contribution in [0.2, 0.25) is 15.1 Å². The second-order valence-corrected chi connectivity index (χ2v) is 13.1. The Morgan fingerprint density at radius 3 is 2.35 bits per heavy atom. The number of methoxy groups -OCH3 is 1. The van der Waals surface area contributed by atoms with Crippen molar-refractivity contribution in [2.24, 2.45) is 5.10 Å². The third kappa shape index (κ3) is 8.86. The van der Waals surface area contributed by atoms with Gasteiger partial charge in [0.05, 0.1) is 35.4 Å². The normalized spacial score (nSPS) is 11.3. The monoisotopic (exact) mass is 734 g/mol. The Morgan fingerprint density at radius 2 is 1.67 bits per heavy atom. The molecule has 1 N–H and O–H groups in total. The van der Waals surface area contributed by atoms with Crippen LogP contribution in [-0.2, 0) is 21.4 Å². The van der Waals surface area contributed by atoms with Crippen molar-refractivity contribution in [3.63, 3.8) is 0 Å². The standard InChI is InChI=1S/C32H29Cl3N4O8S/c1-4-46-31-13-21(6-11-30(31)47-19-22-7-8-23(33)14-26(22)35)17-36-37-32(40)18-38(28-15-24(34)9-12-29(28)45-3)48(43,44)25-10-5-20(2)27(16-25)39(41)42/h5-17H,4,18-19H2,1-3H3,(H,37,40)/b36-17-. The molecular formula is C32H29Cl3N4O8S. The van der Waals surface area contributed by atoms with Crippen molar-refractivity contribution in [2.45, 2.75) is 25.3 Å². The molecule has 0 saturated heterocycles. The van der Waals surface area contributed by atoms with Gasteiger partial charge in [0.1, 0.15) is 18.9 Å². The van der Waals surface area contributed by atoms with E-state index in [4.69, 9.17) is 49.0 Å². The predicted octanol–water partition coefficient (Wildman–Crippen LogP) is 7.20. The van der Waals surface area contributed by atoms with E-state index >= 15 is 0 Å². The SMILES string of the molecule is CCOc1cc(/C=N\NC(=O)CN(c2cc(Cl)ccc2OC)S(=O)(=O)c2ccc(C)c([N+](=O)[O-])c2)ccc1OCc1ccc(Cl)cc1Cl. The zero-order chi connectivity index (χ0) is 35.0. The summed E-state index contributed by atoms with van der Waals surface area (Å²) < 4.78 is 45.5. The number of carbonyl (C=O) groups is 1. The largest absolute Gasteiger partial charge is 0.495 e. The van der Waals surface area contributed by atoms with Gasteiger partial charge in [-0.05, 0) is 74.0 Å². The van der Waals surface area contributed by atoms with Crippen molar-refractivity contribution in [1.82, 2.24) is 5.43 Å². The molecule has 0 bridgehead atoms. The number of carbonyl (C=O) groups excluding carboxylic acids is 1. The van der Waals surface area contributed by atoms with Crippen LogP contribution in [0.3, 0.4) is 0 Å². The second kappa shape index (κ2) is 16.0. The summed E-state index contributed by atoms with van der Waals surface area (Å²) in [6, 6.07) is 17.7. The first-order valence-corrected chi connectivity index (χ1v) is 16.7. The molecule has 4 aromatic carbocycles. The number of hydrazone groups is 1. The van der Waals surface area contributed by atoms with Crippen molar-refractivity contribution in [2.75, 3.05) is 24.6 Å². The zero-order valence-electron chi connectivity index (χ0n) is 25.8. The Balaban J connectivity index is 1.56. The summed E-state index contributed by atoms with van der Waals surface area (Å²) in [5.74, 6) is 0.111. The van der Waals surface area contributed by atoms with Crippen molar-refractivity contribution in [3.8, 4) is 17.2 Å². The number of hydrogen-bond acceptors (Lipinski definition) is 9. The lowest BCUT2D eigenvalue weighted by atomic mass is 10.2. The van der Waals surface area contributed by atoms with Crippen molar-refractivity contribution >= 4 is 68.3 Å². The molecule has 0 aliphatic heterocycles. The highest BCUT2D eigenvalue weighted by molar-refractivity contribution is 7.92. The lowest BCUT2D eigenvalue weighted by Crippen LogP contribution is -2.39. The number of nitro groups is 1. The maximum absolute atomic E-state index is 13.9. The molecule has 0 saturated carbocycles. The van der Waals surface area contributed by atoms with Crippen LogP contribution in [0.1, 0.15) is 23.6 Å². The summed E-state index contributed by atoms with van der Waals surface area (Å²) in [4.78, 5) is 23.6. The van der Waals surface area contributed by atoms with Gasteiger partial charge in [-0.2, -0.15) is 5.10 Å². The molecule has 1 amide bonds. The number of ether oxygens (including phenoxy) is 3. The number of aryl methyl sites for hydroxylation is 1. The third-order valence-electron chi connectivity index (χ3n) is 6.73. The fourth-order valence-electron chi connectivity index (χ4n) is 4.36. The number of halogens is 3. The maximum Gasteiger partial charge on any atom is 0.273 e. The molecule has 0 heterocycles. The minimum Gasteiger partial charge on any atom is -0.495 e. The van der Waals surface area contributed by atoms with Crippen molar-refractivity contribution < 1.29 is 32.3 Å². The van der Waals surface area contributed by atoms with Crippen LogP contribution < -0.4 is 23.9 Å². The van der Waals surface area contributed by atoms with Gasteiger partial charge in [0.15, 0.2) is 11.5 Å². The summed E-state index contributed by atoms with van der Waals surface area (Å²) in [6.07, 6.45) is 1.34. The van der Waals surface area contributed by atoms with Gasteiger partial charge in [-0.3, -0.25) is 19.2 Å². The molecule has 252 valence electrons. The lowest BCUT2D eigenvalue weighted by Gasteiger charge is -2.25. The van der Waals surface area contributed by atoms with E-state index in [9.17, 15) is 23.3 Å². The molecule has 16 heteroatoms. The Morgan fingerprint density at radius 1 is 0.958 bits per heavy atom. The molecule has 0 radical (unpaired) electrons. The van der Waals surface area contributed by atoms with Gasteiger partial charge in [0.25, 0.3) is 21.6 Å². The molecule has 0 aliphatic rings. The first-order valence-electron chi connectivity index (χ1n) is 14.1. The number of nitro benzene ring substituents is 1. The van der Waals surface area contributed by atoms with Crippen LogP contribution in [-0.4, -0.2) is 45.7 Å². The van der Waals surface area contributed by atoms with Crippen LogP contribution in [0.25, 0.3) is 0 Å². The number of nitrogens with zero attached hydrogens (tertiary/aromatic N) is 3. The van der Waals surface area contributed by atoms with Crippen LogP contribution >= 0.6 is 34.8 Å². The highest BCUT2D eigenvalue weighted by Gasteiger charge is 2.31. The van der Waals surface area contributed by atoms with E-state index < -0.39 is 38.0 Å². The summed E-state index contributed by atoms with van der Waals surface area (Å²) in [5, 5.41) is 16.6. The lowest BCUT2D eigenvalue weighted by molar-refractivity contribution is -0.385. The van der Waals surface area contributed by atoms with Gasteiger partial charge in [-0.1, -0.05) is 46.9 Å². The number of amides is 1. The molecule has 0 aromatic heterocycles. The summed E-state index contributed by atoms with van der Waals surface area (Å²) >= 11 is 18.4. The van der Waals surface area contributed by atoms with E-state index in [2.05, 4.69) is 10.5 Å². The molecular weight excluding hydrogens is 707 g/mol. The first kappa shape index (κ1) is 36.3. The topological polar surface area (TPSA) is 150 Å². The van der Waals surface area contributed by atoms with E-state index in [1.807, 2.05) is 6.92 Å². The van der Waals surface area contributed by atoms with Gasteiger partial charge in [0.2, 0.25) is 0 Å². The van der Waals surface area contributed by atoms with E-state index in [0.29, 0.717) is 33.7 Å². The van der Waals surface area contributed by atoms with Gasteiger partial charge in [-0.15, -0.1) is 0 Å². The number of rotatable bonds is 14. The predicted molar refractivity (Wildman–Crippen MR) is 185 cm³/mol. The molecule has 4 rings (SSSR count). The van der Waals surface area contributed by atoms with Crippen molar-refractivity contribution in [1.29, 1.82) is 0 Å². The molecule has 0 aliphatic carbocycles. The summed E-state index contributed by atoms with van der Waals surface area (Å²) in [6.45, 7) is 3.02. The van der Waals surface area contributed by atoms with E-state index in [0.717, 1.165) is 15.9 Å². The van der Waals surface area contributed by atoms with E-state index in [1.54, 1.807) is 36.4 Å². The Hall–Kier alpha value is -4.56. The average Bonchev–Trinajstić information content (AvgIpc) is 3.04. The van der Waals surface area contributed by atoms with E-state index in [1.165, 1.54) is 50.6 Å². The van der Waals surface area contributed by atoms with E-state index in [-0.39, 0.29) is 28.6 Å². The maximum atomic E-state index is 13.9. The summed E-state index contributed by atoms with van der Waals surface area (Å²) in [7, 11) is -3.25. The number of benzene rings is 4. The first-order chi connectivity index (χ1) is 22.8. The van der Waals surface area contributed by atoms with Crippen LogP contribution in [0.5, 0.6) is 17.2 Å². The molecule has 4 aromatic rings. The summed E-state index contributed by atoms with van der Waals surface area (Å²) in [5.41, 5.74) is 3.36. The number of sulfonamides is 1. The van der Waals surface area contributed by atoms with Crippen molar-refractivity contribution in [3.05, 3.63) is 115 Å². The fourth-order valence-corrected chi connectivity index (χ4v) is 6.44. The molecule has 0 fully saturated rings. The molecule has 0 atom stereocenters. The number of anilines is 1. The molecule has 0 spiro atoms. The van der Waals surface area contributed by atoms with Gasteiger partial charge in [0, 0.05) is 32.3 Å². The van der Waals surface area contributed by atoms with Crippen LogP contribution in [0, 0.1) is 17.0 Å². The molecule has 48 heavy (non-hydrogen) atoms. The Kier molecular flexibility index (Phi) is 12.1. The quantitative estimate of drug-likeness (QED) is 0.0812. The fraction of sp³-hybridized carbons (Fsp3) is 0.188. The number of hydrogen-bond donors (Lipinski definition) is 1. The Labute approximate surface area is 292 Å². The third-order valence-corrected chi connectivity index (χ3v) is 9.31. The highest BCUT2D eigenvalue weighted by atomic mass is 35.5. The average molecular weight is 736 g/mol. The zero-order valence-corrected chi connectivity index (χ0v) is 28.9. The molecule has 0 unspecified atom stereocenters. The van der Waals surface area contributed by atoms with Gasteiger partial charge >= 0.3 is 0 Å².